The van der Waals surface area contributed by atoms with Crippen molar-refractivity contribution >= 4 is 19.9 Å². The summed E-state index contributed by atoms with van der Waals surface area (Å²) in [7, 11) is 2.52. The van der Waals surface area contributed by atoms with Gasteiger partial charge in [-0.2, -0.15) is 0 Å². The molecular formula is C23H30NO3P. The Labute approximate surface area is 169 Å². The first-order chi connectivity index (χ1) is 13.6. The van der Waals surface area contributed by atoms with Crippen molar-refractivity contribution < 1.29 is 14.3 Å². The Bertz CT molecular complexity index is 824. The topological polar surface area (TPSA) is 38.8 Å². The summed E-state index contributed by atoms with van der Waals surface area (Å²) in [5.41, 5.74) is 2.31. The van der Waals surface area contributed by atoms with E-state index in [0.717, 1.165) is 40.3 Å². The normalized spacial score (nSPS) is 38.8. The number of nitrogens with zero attached hydrogens (tertiary/aromatic N) is 1. The third-order valence-electron chi connectivity index (χ3n) is 7.54. The van der Waals surface area contributed by atoms with E-state index < -0.39 is 0 Å². The summed E-state index contributed by atoms with van der Waals surface area (Å²) < 4.78 is 11.6. The standard InChI is InChI=1S/C23H30NO3P/c1-4-6-17-20(27-14(2)25)16-7-5-11-24-12-10-23(21(16)24)18-9-8-15(26-3)13-19(18)28-22(17)23/h5,7-9,13,16-17,20-22,28H,4,6,10-12H2,1-3H3. The van der Waals surface area contributed by atoms with E-state index in [0.29, 0.717) is 23.5 Å². The Morgan fingerprint density at radius 2 is 2.25 bits per heavy atom. The number of hydrogen-bond donors (Lipinski definition) is 0. The largest absolute Gasteiger partial charge is 0.497 e. The molecule has 150 valence electrons. The Kier molecular flexibility index (Phi) is 4.56. The van der Waals surface area contributed by atoms with Crippen molar-refractivity contribution in [2.75, 3.05) is 20.2 Å². The van der Waals surface area contributed by atoms with Crippen LogP contribution >= 0.6 is 8.58 Å². The third-order valence-corrected chi connectivity index (χ3v) is 9.52. The van der Waals surface area contributed by atoms with Crippen LogP contribution in [0, 0.1) is 11.8 Å². The highest BCUT2D eigenvalue weighted by atomic mass is 31.1. The number of rotatable bonds is 4. The Morgan fingerprint density at radius 3 is 3.00 bits per heavy atom. The molecule has 1 saturated carbocycles. The van der Waals surface area contributed by atoms with E-state index in [1.165, 1.54) is 11.7 Å². The number of methoxy groups -OCH3 is 1. The molecular weight excluding hydrogens is 369 g/mol. The molecule has 0 amide bonds. The summed E-state index contributed by atoms with van der Waals surface area (Å²) in [5.74, 6) is 1.54. The van der Waals surface area contributed by atoms with Crippen LogP contribution in [0.1, 0.15) is 38.7 Å². The molecule has 0 radical (unpaired) electrons. The fraction of sp³-hybridized carbons (Fsp3) is 0.609. The average molecular weight is 399 g/mol. The van der Waals surface area contributed by atoms with Crippen molar-refractivity contribution in [2.24, 2.45) is 11.8 Å². The van der Waals surface area contributed by atoms with Crippen molar-refractivity contribution in [3.63, 3.8) is 0 Å². The number of esters is 1. The third kappa shape index (κ3) is 2.47. The molecule has 0 N–H and O–H groups in total. The zero-order valence-corrected chi connectivity index (χ0v) is 18.0. The molecule has 3 aliphatic heterocycles. The summed E-state index contributed by atoms with van der Waals surface area (Å²) in [6.07, 6.45) is 8.14. The summed E-state index contributed by atoms with van der Waals surface area (Å²) in [4.78, 5) is 14.7. The van der Waals surface area contributed by atoms with E-state index in [1.807, 2.05) is 0 Å². The number of hydrogen-bond acceptors (Lipinski definition) is 4. The highest BCUT2D eigenvalue weighted by Gasteiger charge is 2.66. The van der Waals surface area contributed by atoms with Gasteiger partial charge < -0.3 is 9.47 Å². The number of benzene rings is 1. The minimum Gasteiger partial charge on any atom is -0.497 e. The molecule has 1 aromatic carbocycles. The minimum absolute atomic E-state index is 0.00133. The summed E-state index contributed by atoms with van der Waals surface area (Å²) in [5, 5.41) is 1.48. The summed E-state index contributed by atoms with van der Waals surface area (Å²) in [6.45, 7) is 5.99. The zero-order valence-electron chi connectivity index (χ0n) is 17.0. The van der Waals surface area contributed by atoms with Gasteiger partial charge in [-0.1, -0.05) is 40.1 Å². The van der Waals surface area contributed by atoms with Crippen LogP contribution in [-0.4, -0.2) is 48.9 Å². The van der Waals surface area contributed by atoms with Crippen molar-refractivity contribution in [2.45, 2.75) is 56.3 Å². The second-order valence-corrected chi connectivity index (χ2v) is 10.2. The molecule has 3 heterocycles. The van der Waals surface area contributed by atoms with Gasteiger partial charge in [0.1, 0.15) is 11.9 Å². The van der Waals surface area contributed by atoms with Crippen molar-refractivity contribution in [1.82, 2.24) is 4.90 Å². The lowest BCUT2D eigenvalue weighted by Gasteiger charge is -2.55. The molecule has 4 aliphatic rings. The maximum Gasteiger partial charge on any atom is 0.302 e. The molecule has 5 heteroatoms. The van der Waals surface area contributed by atoms with E-state index in [4.69, 9.17) is 9.47 Å². The predicted octanol–water partition coefficient (Wildman–Crippen LogP) is 3.24. The first-order valence-electron chi connectivity index (χ1n) is 10.6. The van der Waals surface area contributed by atoms with Crippen LogP contribution < -0.4 is 10.0 Å². The molecule has 7 atom stereocenters. The molecule has 4 nitrogen and oxygen atoms in total. The van der Waals surface area contributed by atoms with Gasteiger partial charge in [0.05, 0.1) is 7.11 Å². The predicted molar refractivity (Wildman–Crippen MR) is 113 cm³/mol. The summed E-state index contributed by atoms with van der Waals surface area (Å²) in [6, 6.07) is 7.20. The van der Waals surface area contributed by atoms with Gasteiger partial charge in [0, 0.05) is 36.8 Å². The fourth-order valence-corrected chi connectivity index (χ4v) is 9.07. The van der Waals surface area contributed by atoms with Crippen LogP contribution in [0.2, 0.25) is 0 Å². The van der Waals surface area contributed by atoms with Gasteiger partial charge in [-0.05, 0) is 48.0 Å². The molecule has 1 spiro atoms. The van der Waals surface area contributed by atoms with E-state index in [2.05, 4.69) is 42.2 Å². The van der Waals surface area contributed by atoms with E-state index in [-0.39, 0.29) is 17.5 Å². The molecule has 7 unspecified atom stereocenters. The van der Waals surface area contributed by atoms with Crippen LogP contribution in [0.15, 0.2) is 30.4 Å². The molecule has 0 aromatic heterocycles. The Morgan fingerprint density at radius 1 is 1.39 bits per heavy atom. The lowest BCUT2D eigenvalue weighted by atomic mass is 9.57. The maximum absolute atomic E-state index is 12.0. The van der Waals surface area contributed by atoms with E-state index in [1.54, 1.807) is 19.6 Å². The second-order valence-electron chi connectivity index (χ2n) is 8.80. The van der Waals surface area contributed by atoms with Crippen molar-refractivity contribution in [3.05, 3.63) is 35.9 Å². The number of carbonyl (C=O) groups excluding carboxylic acids is 1. The lowest BCUT2D eigenvalue weighted by Crippen LogP contribution is -2.63. The monoisotopic (exact) mass is 399 g/mol. The van der Waals surface area contributed by atoms with Crippen LogP contribution in [0.25, 0.3) is 0 Å². The SMILES string of the molecule is CCCC1C(OC(C)=O)C2C=CCN3CCC4(c5ccc(OC)cc5PC14)C23. The number of ether oxygens (including phenoxy) is 2. The van der Waals surface area contributed by atoms with Crippen LogP contribution in [0.3, 0.4) is 0 Å². The molecule has 1 aliphatic carbocycles. The highest BCUT2D eigenvalue weighted by Crippen LogP contribution is 2.63. The van der Waals surface area contributed by atoms with Gasteiger partial charge in [-0.15, -0.1) is 0 Å². The first-order valence-corrected chi connectivity index (χ1v) is 11.7. The van der Waals surface area contributed by atoms with Gasteiger partial charge in [0.25, 0.3) is 0 Å². The molecule has 28 heavy (non-hydrogen) atoms. The van der Waals surface area contributed by atoms with E-state index >= 15 is 0 Å². The minimum atomic E-state index is -0.136. The van der Waals surface area contributed by atoms with Gasteiger partial charge >= 0.3 is 5.97 Å². The van der Waals surface area contributed by atoms with Gasteiger partial charge in [0.2, 0.25) is 0 Å². The van der Waals surface area contributed by atoms with Crippen molar-refractivity contribution in [1.29, 1.82) is 0 Å². The molecule has 5 rings (SSSR count). The van der Waals surface area contributed by atoms with Crippen LogP contribution in [0.5, 0.6) is 5.75 Å². The lowest BCUT2D eigenvalue weighted by molar-refractivity contribution is -0.157. The number of fused-ring (bicyclic) bond motifs is 1. The van der Waals surface area contributed by atoms with Crippen molar-refractivity contribution in [3.8, 4) is 5.75 Å². The fourth-order valence-electron chi connectivity index (χ4n) is 6.74. The quantitative estimate of drug-likeness (QED) is 0.443. The average Bonchev–Trinajstić information content (AvgIpc) is 3.24. The number of carbonyl (C=O) groups is 1. The van der Waals surface area contributed by atoms with Gasteiger partial charge in [-0.3, -0.25) is 9.69 Å². The first kappa shape index (κ1) is 18.6. The summed E-state index contributed by atoms with van der Waals surface area (Å²) >= 11 is 0. The zero-order chi connectivity index (χ0) is 19.5. The molecule has 0 bridgehead atoms. The van der Waals surface area contributed by atoms with Gasteiger partial charge in [-0.25, -0.2) is 0 Å². The molecule has 2 fully saturated rings. The van der Waals surface area contributed by atoms with E-state index in [9.17, 15) is 4.79 Å². The molecule has 1 aromatic rings. The second kappa shape index (κ2) is 6.85. The van der Waals surface area contributed by atoms with Gasteiger partial charge in [0.15, 0.2) is 0 Å². The highest BCUT2D eigenvalue weighted by molar-refractivity contribution is 7.49. The Balaban J connectivity index is 1.67. The Hall–Kier alpha value is -1.38. The molecule has 1 saturated heterocycles. The van der Waals surface area contributed by atoms with Crippen LogP contribution in [0.4, 0.5) is 0 Å². The maximum atomic E-state index is 12.0. The smallest absolute Gasteiger partial charge is 0.302 e. The van der Waals surface area contributed by atoms with Crippen LogP contribution in [-0.2, 0) is 14.9 Å².